The van der Waals surface area contributed by atoms with Crippen LogP contribution in [0.5, 0.6) is 0 Å². The van der Waals surface area contributed by atoms with E-state index in [0.29, 0.717) is 12.1 Å². The van der Waals surface area contributed by atoms with E-state index in [-0.39, 0.29) is 5.91 Å². The van der Waals surface area contributed by atoms with E-state index in [1.807, 2.05) is 24.3 Å². The van der Waals surface area contributed by atoms with Crippen LogP contribution in [-0.4, -0.2) is 63.6 Å². The molecule has 0 radical (unpaired) electrons. The molecule has 0 atom stereocenters. The van der Waals surface area contributed by atoms with Crippen LogP contribution in [0, 0.1) is 6.92 Å². The molecule has 168 valence electrons. The Hall–Kier alpha value is -3.02. The van der Waals surface area contributed by atoms with Crippen molar-refractivity contribution in [1.82, 2.24) is 15.5 Å². The highest BCUT2D eigenvalue weighted by Gasteiger charge is 2.08. The lowest BCUT2D eigenvalue weighted by molar-refractivity contribution is 0.0827. The van der Waals surface area contributed by atoms with E-state index in [0.717, 1.165) is 44.1 Å². The van der Waals surface area contributed by atoms with Crippen molar-refractivity contribution in [2.24, 2.45) is 4.99 Å². The molecule has 0 aliphatic carbocycles. The molecule has 0 fully saturated rings. The number of anilines is 1. The molecular weight excluding hydrogens is 386 g/mol. The van der Waals surface area contributed by atoms with Gasteiger partial charge in [-0.1, -0.05) is 24.3 Å². The number of carbonyl (C=O) groups excluding carboxylic acids is 1. The van der Waals surface area contributed by atoms with Gasteiger partial charge in [-0.25, -0.2) is 0 Å². The van der Waals surface area contributed by atoms with Crippen molar-refractivity contribution in [3.8, 4) is 0 Å². The van der Waals surface area contributed by atoms with Crippen LogP contribution in [-0.2, 0) is 6.42 Å². The molecule has 6 nitrogen and oxygen atoms in total. The van der Waals surface area contributed by atoms with Crippen LogP contribution in [0.2, 0.25) is 0 Å². The Balaban J connectivity index is 1.90. The number of aryl methyl sites for hydroxylation is 1. The number of hydrogen-bond donors (Lipinski definition) is 2. The monoisotopic (exact) mass is 423 g/mol. The normalized spacial score (nSPS) is 11.2. The van der Waals surface area contributed by atoms with Crippen molar-refractivity contribution in [2.75, 3.05) is 51.7 Å². The molecule has 0 aromatic heterocycles. The molecule has 0 unspecified atom stereocenters. The predicted molar refractivity (Wildman–Crippen MR) is 131 cm³/mol. The number of guanidine groups is 1. The molecule has 2 rings (SSSR count). The van der Waals surface area contributed by atoms with E-state index in [9.17, 15) is 4.79 Å². The van der Waals surface area contributed by atoms with Gasteiger partial charge >= 0.3 is 0 Å². The average molecular weight is 424 g/mol. The predicted octanol–water partition coefficient (Wildman–Crippen LogP) is 3.32. The number of likely N-dealkylation sites (N-methyl/N-ethyl adjacent to an activating group) is 1. The lowest BCUT2D eigenvalue weighted by Crippen LogP contribution is -2.41. The Morgan fingerprint density at radius 1 is 1.03 bits per heavy atom. The Kier molecular flexibility index (Phi) is 9.88. The number of nitrogens with one attached hydrogen (secondary N) is 2. The van der Waals surface area contributed by atoms with E-state index in [4.69, 9.17) is 4.99 Å². The summed E-state index contributed by atoms with van der Waals surface area (Å²) in [7, 11) is 3.54. The second-order valence-corrected chi connectivity index (χ2v) is 7.76. The first-order chi connectivity index (χ1) is 14.9. The summed E-state index contributed by atoms with van der Waals surface area (Å²) in [5.74, 6) is 0.845. The van der Waals surface area contributed by atoms with Gasteiger partial charge in [0.05, 0.1) is 0 Å². The van der Waals surface area contributed by atoms with Crippen LogP contribution >= 0.6 is 0 Å². The molecular formula is C25H37N5O. The summed E-state index contributed by atoms with van der Waals surface area (Å²) >= 11 is 0. The Morgan fingerprint density at radius 3 is 2.48 bits per heavy atom. The maximum atomic E-state index is 12.2. The van der Waals surface area contributed by atoms with Gasteiger partial charge in [-0.2, -0.15) is 0 Å². The summed E-state index contributed by atoms with van der Waals surface area (Å²) in [6.07, 6.45) is 0.787. The van der Waals surface area contributed by atoms with Crippen LogP contribution in [0.25, 0.3) is 0 Å². The van der Waals surface area contributed by atoms with Gasteiger partial charge < -0.3 is 20.4 Å². The van der Waals surface area contributed by atoms with Crippen molar-refractivity contribution in [3.05, 3.63) is 65.2 Å². The zero-order valence-corrected chi connectivity index (χ0v) is 19.6. The number of nitrogens with zero attached hydrogens (tertiary/aromatic N) is 3. The lowest BCUT2D eigenvalue weighted by Gasteiger charge is -2.24. The molecule has 2 aromatic rings. The van der Waals surface area contributed by atoms with E-state index in [2.05, 4.69) is 60.6 Å². The number of rotatable bonds is 10. The number of hydrogen-bond acceptors (Lipinski definition) is 3. The molecule has 0 spiro atoms. The highest BCUT2D eigenvalue weighted by molar-refractivity contribution is 5.94. The van der Waals surface area contributed by atoms with Crippen LogP contribution < -0.4 is 15.5 Å². The molecule has 1 amide bonds. The van der Waals surface area contributed by atoms with Crippen molar-refractivity contribution in [3.63, 3.8) is 0 Å². The van der Waals surface area contributed by atoms with Crippen molar-refractivity contribution < 1.29 is 4.79 Å². The van der Waals surface area contributed by atoms with Gasteiger partial charge in [0, 0.05) is 58.1 Å². The maximum absolute atomic E-state index is 12.2. The number of amides is 1. The van der Waals surface area contributed by atoms with Gasteiger partial charge in [-0.15, -0.1) is 0 Å². The molecule has 0 heterocycles. The third-order valence-corrected chi connectivity index (χ3v) is 5.02. The highest BCUT2D eigenvalue weighted by atomic mass is 16.2. The Bertz CT molecular complexity index is 862. The van der Waals surface area contributed by atoms with Gasteiger partial charge in [0.25, 0.3) is 5.91 Å². The molecule has 0 aliphatic heterocycles. The fourth-order valence-corrected chi connectivity index (χ4v) is 3.36. The van der Waals surface area contributed by atoms with Crippen LogP contribution in [0.3, 0.4) is 0 Å². The second kappa shape index (κ2) is 12.6. The maximum Gasteiger partial charge on any atom is 0.253 e. The molecule has 0 bridgehead atoms. The summed E-state index contributed by atoms with van der Waals surface area (Å²) in [5, 5.41) is 6.75. The number of benzene rings is 2. The van der Waals surface area contributed by atoms with E-state index in [1.165, 1.54) is 11.3 Å². The zero-order valence-electron chi connectivity index (χ0n) is 19.6. The SMILES string of the molecule is CCNC(=NCCc1cccc(C(=O)N(C)C)c1)NCCN(CC)c1cccc(C)c1. The minimum absolute atomic E-state index is 0.0226. The standard InChI is InChI=1S/C25H37N5O/c1-6-26-25(28-16-17-30(7-2)23-13-8-10-20(3)18-23)27-15-14-21-11-9-12-22(19-21)24(31)29(4)5/h8-13,18-19H,6-7,14-17H2,1-5H3,(H2,26,27,28). The smallest absolute Gasteiger partial charge is 0.253 e. The van der Waals surface area contributed by atoms with E-state index in [1.54, 1.807) is 19.0 Å². The summed E-state index contributed by atoms with van der Waals surface area (Å²) in [4.78, 5) is 20.8. The summed E-state index contributed by atoms with van der Waals surface area (Å²) in [5.41, 5.74) is 4.35. The molecule has 0 saturated heterocycles. The first kappa shape index (κ1) is 24.3. The van der Waals surface area contributed by atoms with Crippen molar-refractivity contribution >= 4 is 17.6 Å². The first-order valence-electron chi connectivity index (χ1n) is 11.1. The summed E-state index contributed by atoms with van der Waals surface area (Å²) in [6.45, 7) is 10.5. The van der Waals surface area contributed by atoms with E-state index < -0.39 is 0 Å². The average Bonchev–Trinajstić information content (AvgIpc) is 2.76. The zero-order chi connectivity index (χ0) is 22.6. The molecule has 31 heavy (non-hydrogen) atoms. The number of aliphatic imine (C=N–C) groups is 1. The van der Waals surface area contributed by atoms with Gasteiger partial charge in [-0.05, 0) is 62.6 Å². The molecule has 2 N–H and O–H groups in total. The highest BCUT2D eigenvalue weighted by Crippen LogP contribution is 2.15. The fraction of sp³-hybridized carbons (Fsp3) is 0.440. The van der Waals surface area contributed by atoms with Crippen molar-refractivity contribution in [2.45, 2.75) is 27.2 Å². The quantitative estimate of drug-likeness (QED) is 0.455. The van der Waals surface area contributed by atoms with Gasteiger partial charge in [0.2, 0.25) is 0 Å². The molecule has 0 saturated carbocycles. The summed E-state index contributed by atoms with van der Waals surface area (Å²) < 4.78 is 0. The fourth-order valence-electron chi connectivity index (χ4n) is 3.36. The van der Waals surface area contributed by atoms with Crippen LogP contribution in [0.1, 0.15) is 35.3 Å². The third-order valence-electron chi connectivity index (χ3n) is 5.02. The summed E-state index contributed by atoms with van der Waals surface area (Å²) in [6, 6.07) is 16.4. The van der Waals surface area contributed by atoms with E-state index >= 15 is 0 Å². The second-order valence-electron chi connectivity index (χ2n) is 7.76. The van der Waals surface area contributed by atoms with Crippen molar-refractivity contribution in [1.29, 1.82) is 0 Å². The molecule has 6 heteroatoms. The third kappa shape index (κ3) is 7.96. The number of carbonyl (C=O) groups is 1. The first-order valence-corrected chi connectivity index (χ1v) is 11.1. The topological polar surface area (TPSA) is 60.0 Å². The van der Waals surface area contributed by atoms with Gasteiger partial charge in [0.1, 0.15) is 0 Å². The Morgan fingerprint density at radius 2 is 1.81 bits per heavy atom. The van der Waals surface area contributed by atoms with Crippen LogP contribution in [0.4, 0.5) is 5.69 Å². The lowest BCUT2D eigenvalue weighted by atomic mass is 10.1. The largest absolute Gasteiger partial charge is 0.370 e. The van der Waals surface area contributed by atoms with Gasteiger partial charge in [0.15, 0.2) is 5.96 Å². The van der Waals surface area contributed by atoms with Crippen LogP contribution in [0.15, 0.2) is 53.5 Å². The van der Waals surface area contributed by atoms with Gasteiger partial charge in [-0.3, -0.25) is 9.79 Å². The Labute approximate surface area is 187 Å². The molecule has 2 aromatic carbocycles. The molecule has 0 aliphatic rings. The minimum Gasteiger partial charge on any atom is -0.370 e. The minimum atomic E-state index is 0.0226.